The zero-order valence-corrected chi connectivity index (χ0v) is 28.6. The largest absolute Gasteiger partial charge is 0.482 e. The highest BCUT2D eigenvalue weighted by Gasteiger charge is 2.40. The Hall–Kier alpha value is -5.20. The number of amides is 4. The van der Waals surface area contributed by atoms with E-state index in [1.165, 1.54) is 29.2 Å². The maximum absolute atomic E-state index is 13.4. The van der Waals surface area contributed by atoms with Crippen LogP contribution in [0.15, 0.2) is 42.5 Å². The van der Waals surface area contributed by atoms with Gasteiger partial charge in [0.2, 0.25) is 0 Å². The molecule has 0 saturated carbocycles. The fraction of sp³-hybridized carbons (Fsp3) is 0.471. The van der Waals surface area contributed by atoms with Crippen LogP contribution in [-0.2, 0) is 39.9 Å². The third-order valence-electron chi connectivity index (χ3n) is 6.49. The van der Waals surface area contributed by atoms with Crippen molar-refractivity contribution in [2.45, 2.75) is 78.4 Å². The molecule has 0 radical (unpaired) electrons. The van der Waals surface area contributed by atoms with Gasteiger partial charge >= 0.3 is 18.2 Å². The van der Waals surface area contributed by atoms with Gasteiger partial charge in [-0.25, -0.2) is 24.1 Å². The summed E-state index contributed by atoms with van der Waals surface area (Å²) in [6, 6.07) is 10.5. The van der Waals surface area contributed by atoms with E-state index in [1.807, 2.05) is 0 Å². The first kappa shape index (κ1) is 38.2. The van der Waals surface area contributed by atoms with Crippen LogP contribution in [0.5, 0.6) is 5.75 Å². The van der Waals surface area contributed by atoms with Crippen molar-refractivity contribution < 1.29 is 52.8 Å². The minimum Gasteiger partial charge on any atom is -0.482 e. The molecule has 2 N–H and O–H groups in total. The Morgan fingerprint density at radius 3 is 2.31 bits per heavy atom. The molecule has 1 aliphatic rings. The molecule has 1 fully saturated rings. The number of nitrogens with one attached hydrogen (secondary N) is 1. The maximum Gasteiger partial charge on any atom is 0.420 e. The molecule has 1 aliphatic heterocycles. The smallest absolute Gasteiger partial charge is 0.420 e. The lowest BCUT2D eigenvalue weighted by atomic mass is 10.1. The van der Waals surface area contributed by atoms with E-state index >= 15 is 0 Å². The number of anilines is 2. The van der Waals surface area contributed by atoms with Crippen LogP contribution in [0.25, 0.3) is 4.85 Å². The average Bonchev–Trinajstić information content (AvgIpc) is 3.01. The van der Waals surface area contributed by atoms with Gasteiger partial charge in [-0.1, -0.05) is 12.1 Å². The third kappa shape index (κ3) is 11.2. The minimum absolute atomic E-state index is 0.00364. The molecule has 2 aromatic carbocycles. The number of benzene rings is 2. The Morgan fingerprint density at radius 2 is 1.71 bits per heavy atom. The molecule has 49 heavy (non-hydrogen) atoms. The molecule has 264 valence electrons. The number of morpholine rings is 1. The molecule has 1 saturated heterocycles. The van der Waals surface area contributed by atoms with Crippen molar-refractivity contribution in [1.29, 1.82) is 0 Å². The molecule has 0 aliphatic carbocycles. The Kier molecular flexibility index (Phi) is 12.7. The molecule has 15 nitrogen and oxygen atoms in total. The van der Waals surface area contributed by atoms with Crippen molar-refractivity contribution in [3.05, 3.63) is 59.4 Å². The van der Waals surface area contributed by atoms with Crippen molar-refractivity contribution >= 4 is 47.0 Å². The molecule has 3 rings (SSSR count). The lowest BCUT2D eigenvalue weighted by molar-refractivity contribution is -0.150. The van der Waals surface area contributed by atoms with Gasteiger partial charge in [-0.2, -0.15) is 0 Å². The predicted molar refractivity (Wildman–Crippen MR) is 176 cm³/mol. The second-order valence-corrected chi connectivity index (χ2v) is 12.8. The van der Waals surface area contributed by atoms with E-state index < -0.39 is 59.9 Å². The summed E-state index contributed by atoms with van der Waals surface area (Å²) in [5, 5.41) is 13.4. The number of esters is 1. The van der Waals surface area contributed by atoms with E-state index in [0.29, 0.717) is 16.3 Å². The van der Waals surface area contributed by atoms with Crippen LogP contribution >= 0.6 is 0 Å². The number of carbonyl (C=O) groups excluding carboxylic acids is 5. The third-order valence-corrected chi connectivity index (χ3v) is 6.49. The summed E-state index contributed by atoms with van der Waals surface area (Å²) in [7, 11) is 0. The summed E-state index contributed by atoms with van der Waals surface area (Å²) in [6.07, 6.45) is -5.51. The summed E-state index contributed by atoms with van der Waals surface area (Å²) in [5.41, 5.74) is -1.15. The number of aliphatic hydroxyl groups is 1. The fourth-order valence-electron chi connectivity index (χ4n) is 4.44. The number of hydrogen-bond acceptors (Lipinski definition) is 11. The highest BCUT2D eigenvalue weighted by Crippen LogP contribution is 2.28. The topological polar surface area (TPSA) is 175 Å². The van der Waals surface area contributed by atoms with E-state index in [1.54, 1.807) is 66.7 Å². The van der Waals surface area contributed by atoms with Gasteiger partial charge in [0.15, 0.2) is 24.5 Å². The van der Waals surface area contributed by atoms with E-state index in [0.717, 1.165) is 0 Å². The van der Waals surface area contributed by atoms with Crippen LogP contribution in [-0.4, -0.2) is 89.8 Å². The van der Waals surface area contributed by atoms with E-state index in [4.69, 9.17) is 30.3 Å². The van der Waals surface area contributed by atoms with Gasteiger partial charge in [0.05, 0.1) is 26.3 Å². The highest BCUT2D eigenvalue weighted by molar-refractivity contribution is 6.04. The Morgan fingerprint density at radius 1 is 1.06 bits per heavy atom. The molecular formula is C34H42N4O11. The van der Waals surface area contributed by atoms with Gasteiger partial charge in [-0.05, 0) is 78.3 Å². The summed E-state index contributed by atoms with van der Waals surface area (Å²) >= 11 is 0. The van der Waals surface area contributed by atoms with E-state index in [2.05, 4.69) is 10.2 Å². The molecule has 2 atom stereocenters. The number of imide groups is 1. The number of aliphatic hydroxyl groups excluding tert-OH is 1. The predicted octanol–water partition coefficient (Wildman–Crippen LogP) is 4.58. The number of rotatable bonds is 10. The molecular weight excluding hydrogens is 640 g/mol. The van der Waals surface area contributed by atoms with Gasteiger partial charge in [-0.3, -0.25) is 9.59 Å². The Labute approximate surface area is 284 Å². The van der Waals surface area contributed by atoms with Gasteiger partial charge < -0.3 is 39.0 Å². The summed E-state index contributed by atoms with van der Waals surface area (Å²) < 4.78 is 26.6. The van der Waals surface area contributed by atoms with Gasteiger partial charge in [0.25, 0.3) is 11.8 Å². The van der Waals surface area contributed by atoms with Gasteiger partial charge in [-0.15, -0.1) is 0 Å². The molecule has 1 heterocycles. The summed E-state index contributed by atoms with van der Waals surface area (Å²) in [4.78, 5) is 69.8. The lowest BCUT2D eigenvalue weighted by Gasteiger charge is -2.34. The zero-order chi connectivity index (χ0) is 36.5. The zero-order valence-electron chi connectivity index (χ0n) is 28.6. The molecule has 15 heteroatoms. The van der Waals surface area contributed by atoms with Crippen LogP contribution < -0.4 is 15.0 Å². The van der Waals surface area contributed by atoms with Crippen molar-refractivity contribution in [2.24, 2.45) is 0 Å². The second kappa shape index (κ2) is 16.3. The first-order chi connectivity index (χ1) is 22.9. The first-order valence-corrected chi connectivity index (χ1v) is 15.5. The summed E-state index contributed by atoms with van der Waals surface area (Å²) in [6.45, 7) is 18.6. The number of carbonyl (C=O) groups is 5. The minimum atomic E-state index is -1.94. The van der Waals surface area contributed by atoms with Crippen LogP contribution in [0.3, 0.4) is 0 Å². The fourth-order valence-corrected chi connectivity index (χ4v) is 4.44. The molecule has 0 spiro atoms. The quantitative estimate of drug-likeness (QED) is 0.204. The normalized spacial score (nSPS) is 15.4. The van der Waals surface area contributed by atoms with Crippen LogP contribution in [0.2, 0.25) is 0 Å². The standard InChI is InChI=1S/C34H42N4O11/c1-9-45-26(39)20-47-24-12-10-11-23(18-24)37-15-16-46-28(30(37)42)27(40)29(41)36-22-13-14-25(35-8)21(17-22)19-38(31(43)48-33(2,3)4)32(44)49-34(5,6)7/h10-14,17-18,27-28,40H,9,15-16,19-20H2,1-7H3,(H,36,41)/t27-,28-/m1/s1. The van der Waals surface area contributed by atoms with Crippen molar-refractivity contribution in [1.82, 2.24) is 4.90 Å². The number of nitrogens with zero attached hydrogens (tertiary/aromatic N) is 3. The average molecular weight is 683 g/mol. The van der Waals surface area contributed by atoms with Crippen LogP contribution in [0.1, 0.15) is 54.0 Å². The van der Waals surface area contributed by atoms with Crippen molar-refractivity contribution in [3.8, 4) is 5.75 Å². The number of hydrogen-bond donors (Lipinski definition) is 2. The van der Waals surface area contributed by atoms with Gasteiger partial charge in [0.1, 0.15) is 17.0 Å². The SMILES string of the molecule is [C-]#[N+]c1ccc(NC(=O)[C@H](O)[C@H]2OCCN(c3cccc(OCC(=O)OCC)c3)C2=O)cc1CN(C(=O)OC(C)(C)C)C(=O)OC(C)(C)C. The first-order valence-electron chi connectivity index (χ1n) is 15.5. The lowest BCUT2D eigenvalue weighted by Crippen LogP contribution is -2.55. The molecule has 0 unspecified atom stereocenters. The van der Waals surface area contributed by atoms with Crippen molar-refractivity contribution in [2.75, 3.05) is 36.6 Å². The monoisotopic (exact) mass is 682 g/mol. The second-order valence-electron chi connectivity index (χ2n) is 12.8. The molecule has 0 aromatic heterocycles. The number of ether oxygens (including phenoxy) is 5. The maximum atomic E-state index is 13.4. The van der Waals surface area contributed by atoms with E-state index in [9.17, 15) is 29.1 Å². The van der Waals surface area contributed by atoms with Crippen LogP contribution in [0.4, 0.5) is 26.7 Å². The highest BCUT2D eigenvalue weighted by atomic mass is 16.6. The molecule has 0 bridgehead atoms. The Bertz CT molecular complexity index is 1560. The molecule has 2 aromatic rings. The van der Waals surface area contributed by atoms with Crippen molar-refractivity contribution in [3.63, 3.8) is 0 Å². The van der Waals surface area contributed by atoms with E-state index in [-0.39, 0.29) is 43.3 Å². The Balaban J connectivity index is 1.78. The summed E-state index contributed by atoms with van der Waals surface area (Å²) in [5.74, 6) is -1.92. The van der Waals surface area contributed by atoms with Gasteiger partial charge in [0, 0.05) is 24.0 Å². The molecule has 4 amide bonds. The van der Waals surface area contributed by atoms with Crippen LogP contribution in [0, 0.1) is 6.57 Å².